The van der Waals surface area contributed by atoms with Gasteiger partial charge in [-0.3, -0.25) is 0 Å². The Bertz CT molecular complexity index is 631. The molecule has 0 saturated carbocycles. The van der Waals surface area contributed by atoms with Crippen molar-refractivity contribution in [3.8, 4) is 0 Å². The van der Waals surface area contributed by atoms with Gasteiger partial charge >= 0.3 is 0 Å². The van der Waals surface area contributed by atoms with Crippen LogP contribution in [0.15, 0.2) is 48.7 Å². The summed E-state index contributed by atoms with van der Waals surface area (Å²) in [6, 6.07) is 10.3. The van der Waals surface area contributed by atoms with E-state index in [0.29, 0.717) is 12.8 Å². The van der Waals surface area contributed by atoms with Crippen LogP contribution < -0.4 is 0 Å². The standard InChI is InChI=1S/C17H21NO2/c1-3-4-9-17(12-19,13-20)11-15-10-14-7-5-6-8-16(14)18(15)2/h4-8,10,19-20H,1,9,11-13H2,2H3. The van der Waals surface area contributed by atoms with Crippen molar-refractivity contribution in [3.05, 3.63) is 54.4 Å². The summed E-state index contributed by atoms with van der Waals surface area (Å²) in [6.45, 7) is 3.41. The molecule has 0 aliphatic heterocycles. The molecular formula is C17H21NO2. The minimum absolute atomic E-state index is 0.0663. The van der Waals surface area contributed by atoms with Crippen LogP contribution in [0, 0.1) is 5.41 Å². The number of hydrogen-bond acceptors (Lipinski definition) is 2. The molecule has 0 atom stereocenters. The molecule has 0 radical (unpaired) electrons. The number of aryl methyl sites for hydroxylation is 1. The summed E-state index contributed by atoms with van der Waals surface area (Å²) in [5.74, 6) is 0. The maximum Gasteiger partial charge on any atom is 0.0516 e. The van der Waals surface area contributed by atoms with Crippen LogP contribution in [0.25, 0.3) is 10.9 Å². The summed E-state index contributed by atoms with van der Waals surface area (Å²) in [5, 5.41) is 20.6. The number of para-hydroxylation sites is 1. The Hall–Kier alpha value is -1.80. The molecule has 1 aromatic carbocycles. The van der Waals surface area contributed by atoms with Gasteiger partial charge in [0.1, 0.15) is 0 Å². The van der Waals surface area contributed by atoms with Gasteiger partial charge in [-0.05, 0) is 36.4 Å². The van der Waals surface area contributed by atoms with Gasteiger partial charge in [-0.2, -0.15) is 0 Å². The van der Waals surface area contributed by atoms with Gasteiger partial charge in [0.2, 0.25) is 0 Å². The van der Waals surface area contributed by atoms with E-state index in [-0.39, 0.29) is 13.2 Å². The zero-order valence-electron chi connectivity index (χ0n) is 11.8. The quantitative estimate of drug-likeness (QED) is 0.793. The van der Waals surface area contributed by atoms with Gasteiger partial charge in [-0.25, -0.2) is 0 Å². The first kappa shape index (κ1) is 14.6. The van der Waals surface area contributed by atoms with E-state index in [0.717, 1.165) is 11.2 Å². The number of aliphatic hydroxyl groups is 2. The zero-order valence-corrected chi connectivity index (χ0v) is 11.8. The molecule has 1 aromatic heterocycles. The van der Waals surface area contributed by atoms with Crippen molar-refractivity contribution in [2.75, 3.05) is 13.2 Å². The second kappa shape index (κ2) is 6.10. The monoisotopic (exact) mass is 271 g/mol. The summed E-state index contributed by atoms with van der Waals surface area (Å²) in [7, 11) is 2.01. The minimum Gasteiger partial charge on any atom is -0.396 e. The Balaban J connectivity index is 2.37. The van der Waals surface area contributed by atoms with Crippen LogP contribution in [0.1, 0.15) is 12.1 Å². The second-order valence-corrected chi connectivity index (χ2v) is 5.36. The second-order valence-electron chi connectivity index (χ2n) is 5.36. The third-order valence-corrected chi connectivity index (χ3v) is 3.96. The molecule has 2 N–H and O–H groups in total. The lowest BCUT2D eigenvalue weighted by Crippen LogP contribution is -2.32. The molecule has 0 aliphatic rings. The summed E-state index contributed by atoms with van der Waals surface area (Å²) in [4.78, 5) is 0. The van der Waals surface area contributed by atoms with E-state index in [1.54, 1.807) is 6.08 Å². The Morgan fingerprint density at radius 2 is 2.00 bits per heavy atom. The highest BCUT2D eigenvalue weighted by molar-refractivity contribution is 5.81. The third-order valence-electron chi connectivity index (χ3n) is 3.96. The van der Waals surface area contributed by atoms with Crippen LogP contribution in [0.3, 0.4) is 0 Å². The van der Waals surface area contributed by atoms with E-state index in [2.05, 4.69) is 35.1 Å². The molecule has 0 amide bonds. The number of aromatic nitrogens is 1. The van der Waals surface area contributed by atoms with Gasteiger partial charge in [-0.1, -0.05) is 24.8 Å². The topological polar surface area (TPSA) is 45.4 Å². The van der Waals surface area contributed by atoms with Crippen molar-refractivity contribution >= 4 is 10.9 Å². The van der Waals surface area contributed by atoms with Crippen molar-refractivity contribution in [3.63, 3.8) is 0 Å². The van der Waals surface area contributed by atoms with Crippen LogP contribution in [0.2, 0.25) is 0 Å². The van der Waals surface area contributed by atoms with Crippen molar-refractivity contribution in [2.45, 2.75) is 12.8 Å². The van der Waals surface area contributed by atoms with Crippen LogP contribution in [0.5, 0.6) is 0 Å². The van der Waals surface area contributed by atoms with E-state index >= 15 is 0 Å². The molecule has 0 saturated heterocycles. The molecule has 0 aliphatic carbocycles. The fourth-order valence-electron chi connectivity index (χ4n) is 2.55. The molecule has 3 heteroatoms. The average Bonchev–Trinajstić information content (AvgIpc) is 2.80. The summed E-state index contributed by atoms with van der Waals surface area (Å²) >= 11 is 0. The number of aliphatic hydroxyl groups excluding tert-OH is 2. The van der Waals surface area contributed by atoms with Crippen LogP contribution >= 0.6 is 0 Å². The van der Waals surface area contributed by atoms with Crippen molar-refractivity contribution < 1.29 is 10.2 Å². The van der Waals surface area contributed by atoms with E-state index < -0.39 is 5.41 Å². The Morgan fingerprint density at radius 1 is 1.30 bits per heavy atom. The lowest BCUT2D eigenvalue weighted by atomic mass is 9.81. The van der Waals surface area contributed by atoms with Crippen molar-refractivity contribution in [2.24, 2.45) is 12.5 Å². The zero-order chi connectivity index (χ0) is 14.6. The fraction of sp³-hybridized carbons (Fsp3) is 0.353. The van der Waals surface area contributed by atoms with E-state index in [4.69, 9.17) is 0 Å². The lowest BCUT2D eigenvalue weighted by molar-refractivity contribution is 0.0558. The lowest BCUT2D eigenvalue weighted by Gasteiger charge is -2.28. The molecule has 0 bridgehead atoms. The molecule has 1 heterocycles. The molecule has 0 unspecified atom stereocenters. The van der Waals surface area contributed by atoms with Gasteiger partial charge in [0.05, 0.1) is 13.2 Å². The molecule has 2 rings (SSSR count). The maximum absolute atomic E-state index is 9.69. The number of fused-ring (bicyclic) bond motifs is 1. The SMILES string of the molecule is C=C=CCC(CO)(CO)Cc1cc2ccccc2n1C. The van der Waals surface area contributed by atoms with E-state index in [1.807, 2.05) is 19.2 Å². The van der Waals surface area contributed by atoms with Gasteiger partial charge in [0.15, 0.2) is 0 Å². The summed E-state index contributed by atoms with van der Waals surface area (Å²) in [5.41, 5.74) is 4.41. The van der Waals surface area contributed by atoms with Crippen LogP contribution in [-0.2, 0) is 13.5 Å². The molecule has 0 fully saturated rings. The van der Waals surface area contributed by atoms with Crippen LogP contribution in [0.4, 0.5) is 0 Å². The van der Waals surface area contributed by atoms with E-state index in [9.17, 15) is 10.2 Å². The first-order valence-electron chi connectivity index (χ1n) is 6.75. The van der Waals surface area contributed by atoms with Gasteiger partial charge < -0.3 is 14.8 Å². The normalized spacial score (nSPS) is 11.6. The highest BCUT2D eigenvalue weighted by atomic mass is 16.3. The van der Waals surface area contributed by atoms with E-state index in [1.165, 1.54) is 5.39 Å². The third kappa shape index (κ3) is 2.70. The van der Waals surface area contributed by atoms with Gasteiger partial charge in [0.25, 0.3) is 0 Å². The number of allylic oxidation sites excluding steroid dienone is 1. The smallest absolute Gasteiger partial charge is 0.0516 e. The highest BCUT2D eigenvalue weighted by Gasteiger charge is 2.29. The summed E-state index contributed by atoms with van der Waals surface area (Å²) in [6.07, 6.45) is 2.95. The molecule has 3 nitrogen and oxygen atoms in total. The number of rotatable bonds is 6. The number of benzene rings is 1. The van der Waals surface area contributed by atoms with Gasteiger partial charge in [0, 0.05) is 23.7 Å². The first-order chi connectivity index (χ1) is 9.65. The molecule has 20 heavy (non-hydrogen) atoms. The fourth-order valence-corrected chi connectivity index (χ4v) is 2.55. The van der Waals surface area contributed by atoms with Crippen LogP contribution in [-0.4, -0.2) is 28.0 Å². The Morgan fingerprint density at radius 3 is 2.60 bits per heavy atom. The van der Waals surface area contributed by atoms with Gasteiger partial charge in [-0.15, -0.1) is 5.73 Å². The highest BCUT2D eigenvalue weighted by Crippen LogP contribution is 2.29. The molecule has 106 valence electrons. The predicted octanol–water partition coefficient (Wildman–Crippen LogP) is 2.42. The molecule has 0 spiro atoms. The largest absolute Gasteiger partial charge is 0.396 e. The summed E-state index contributed by atoms with van der Waals surface area (Å²) < 4.78 is 2.12. The Labute approximate surface area is 119 Å². The minimum atomic E-state index is -0.563. The molecule has 2 aromatic rings. The average molecular weight is 271 g/mol. The Kier molecular flexibility index (Phi) is 4.46. The predicted molar refractivity (Wildman–Crippen MR) is 81.6 cm³/mol. The number of nitrogens with zero attached hydrogens (tertiary/aromatic N) is 1. The van der Waals surface area contributed by atoms with Crippen molar-refractivity contribution in [1.82, 2.24) is 4.57 Å². The number of hydrogen-bond donors (Lipinski definition) is 2. The molecular weight excluding hydrogens is 250 g/mol. The van der Waals surface area contributed by atoms with Crippen molar-refractivity contribution in [1.29, 1.82) is 0 Å². The first-order valence-corrected chi connectivity index (χ1v) is 6.75. The maximum atomic E-state index is 9.69.